The molecule has 0 aromatic heterocycles. The molecule has 1 saturated heterocycles. The first kappa shape index (κ1) is 12.4. The van der Waals surface area contributed by atoms with Crippen molar-refractivity contribution in [2.24, 2.45) is 11.7 Å². The van der Waals surface area contributed by atoms with Gasteiger partial charge in [-0.15, -0.1) is 0 Å². The topological polar surface area (TPSA) is 64.3 Å². The molecule has 4 nitrogen and oxygen atoms in total. The van der Waals surface area contributed by atoms with Gasteiger partial charge in [0.15, 0.2) is 0 Å². The third-order valence-electron chi connectivity index (χ3n) is 3.85. The Kier molecular flexibility index (Phi) is 3.29. The van der Waals surface area contributed by atoms with Crippen LogP contribution in [0.4, 0.5) is 0 Å². The van der Waals surface area contributed by atoms with Gasteiger partial charge in [0, 0.05) is 27.7 Å². The number of benzene rings is 1. The van der Waals surface area contributed by atoms with Crippen LogP contribution in [0, 0.1) is 9.49 Å². The van der Waals surface area contributed by atoms with E-state index in [9.17, 15) is 4.79 Å². The summed E-state index contributed by atoms with van der Waals surface area (Å²) in [6.07, 6.45) is 1.13. The molecule has 1 aliphatic heterocycles. The maximum Gasteiger partial charge on any atom is 0.251 e. The Hall–Kier alpha value is -0.660. The Labute approximate surface area is 119 Å². The van der Waals surface area contributed by atoms with Gasteiger partial charge in [0.1, 0.15) is 0 Å². The lowest BCUT2D eigenvalue weighted by Crippen LogP contribution is -2.68. The predicted octanol–water partition coefficient (Wildman–Crippen LogP) is 1.14. The van der Waals surface area contributed by atoms with E-state index in [2.05, 4.69) is 27.9 Å². The van der Waals surface area contributed by atoms with Crippen molar-refractivity contribution in [2.45, 2.75) is 24.6 Å². The zero-order chi connectivity index (χ0) is 12.7. The average molecular weight is 358 g/mol. The lowest BCUT2D eigenvalue weighted by molar-refractivity contribution is -0.0161. The second kappa shape index (κ2) is 4.79. The van der Waals surface area contributed by atoms with Crippen LogP contribution in [0.5, 0.6) is 0 Å². The van der Waals surface area contributed by atoms with Crippen molar-refractivity contribution in [1.82, 2.24) is 5.32 Å². The number of ether oxygens (including phenoxy) is 1. The average Bonchev–Trinajstić information content (AvgIpc) is 2.81. The van der Waals surface area contributed by atoms with E-state index in [-0.39, 0.29) is 24.1 Å². The molecule has 0 bridgehead atoms. The summed E-state index contributed by atoms with van der Waals surface area (Å²) < 4.78 is 6.71. The van der Waals surface area contributed by atoms with Crippen molar-refractivity contribution < 1.29 is 9.53 Å². The van der Waals surface area contributed by atoms with Gasteiger partial charge >= 0.3 is 0 Å². The minimum atomic E-state index is -0.0687. The van der Waals surface area contributed by atoms with E-state index in [0.717, 1.165) is 16.6 Å². The van der Waals surface area contributed by atoms with Crippen LogP contribution in [0.2, 0.25) is 0 Å². The number of nitrogens with two attached hydrogens (primary N) is 1. The van der Waals surface area contributed by atoms with E-state index in [4.69, 9.17) is 10.5 Å². The number of rotatable bonds is 2. The first-order chi connectivity index (χ1) is 8.66. The normalized spacial score (nSPS) is 33.7. The molecule has 0 spiro atoms. The third kappa shape index (κ3) is 2.04. The highest BCUT2D eigenvalue weighted by atomic mass is 127. The highest BCUT2D eigenvalue weighted by Gasteiger charge is 2.52. The number of halogens is 1. The van der Waals surface area contributed by atoms with Crippen LogP contribution in [-0.2, 0) is 4.74 Å². The molecule has 1 aliphatic carbocycles. The lowest BCUT2D eigenvalue weighted by Gasteiger charge is -2.45. The van der Waals surface area contributed by atoms with Crippen LogP contribution in [0.3, 0.4) is 0 Å². The van der Waals surface area contributed by atoms with Gasteiger partial charge in [-0.2, -0.15) is 0 Å². The quantitative estimate of drug-likeness (QED) is 0.780. The highest BCUT2D eigenvalue weighted by Crippen LogP contribution is 2.37. The van der Waals surface area contributed by atoms with Crippen molar-refractivity contribution in [2.75, 3.05) is 6.61 Å². The molecule has 4 unspecified atom stereocenters. The first-order valence-electron chi connectivity index (χ1n) is 6.10. The maximum absolute atomic E-state index is 12.1. The molecule has 1 saturated carbocycles. The van der Waals surface area contributed by atoms with Crippen molar-refractivity contribution in [3.8, 4) is 0 Å². The van der Waals surface area contributed by atoms with Gasteiger partial charge in [-0.05, 0) is 53.3 Å². The monoisotopic (exact) mass is 358 g/mol. The number of nitrogens with one attached hydrogen (secondary N) is 1. The molecule has 0 radical (unpaired) electrons. The zero-order valence-corrected chi connectivity index (χ0v) is 12.0. The molecular formula is C13H15IN2O2. The van der Waals surface area contributed by atoms with Crippen LogP contribution in [-0.4, -0.2) is 30.7 Å². The van der Waals surface area contributed by atoms with Crippen LogP contribution < -0.4 is 11.1 Å². The summed E-state index contributed by atoms with van der Waals surface area (Å²) in [5, 5.41) is 2.98. The van der Waals surface area contributed by atoms with Crippen LogP contribution >= 0.6 is 22.6 Å². The van der Waals surface area contributed by atoms with Gasteiger partial charge in [-0.1, -0.05) is 0 Å². The van der Waals surface area contributed by atoms with Crippen molar-refractivity contribution in [1.29, 1.82) is 0 Å². The highest BCUT2D eigenvalue weighted by molar-refractivity contribution is 14.1. The van der Waals surface area contributed by atoms with Crippen LogP contribution in [0.15, 0.2) is 24.3 Å². The third-order valence-corrected chi connectivity index (χ3v) is 4.57. The van der Waals surface area contributed by atoms with E-state index in [1.165, 1.54) is 0 Å². The second-order valence-corrected chi connectivity index (χ2v) is 6.12. The van der Waals surface area contributed by atoms with E-state index in [1.807, 2.05) is 24.3 Å². The number of fused-ring (bicyclic) bond motifs is 1. The fourth-order valence-electron chi connectivity index (χ4n) is 2.76. The van der Waals surface area contributed by atoms with E-state index < -0.39 is 0 Å². The number of hydrogen-bond donors (Lipinski definition) is 2. The fourth-order valence-corrected chi connectivity index (χ4v) is 3.12. The van der Waals surface area contributed by atoms with E-state index in [0.29, 0.717) is 11.5 Å². The standard InChI is InChI=1S/C13H15IN2O2/c14-8-3-1-7(2-4-8)13(17)16-11-10(15)9-5-6-18-12(9)11/h1-4,9-12H,5-6,15H2,(H,16,17). The predicted molar refractivity (Wildman–Crippen MR) is 76.2 cm³/mol. The van der Waals surface area contributed by atoms with Gasteiger partial charge < -0.3 is 15.8 Å². The summed E-state index contributed by atoms with van der Waals surface area (Å²) >= 11 is 2.22. The Bertz CT molecular complexity index is 463. The van der Waals surface area contributed by atoms with Gasteiger partial charge in [0.05, 0.1) is 12.1 Å². The minimum Gasteiger partial charge on any atom is -0.376 e. The van der Waals surface area contributed by atoms with Gasteiger partial charge in [-0.3, -0.25) is 4.79 Å². The van der Waals surface area contributed by atoms with Gasteiger partial charge in [0.2, 0.25) is 0 Å². The van der Waals surface area contributed by atoms with Crippen LogP contribution in [0.1, 0.15) is 16.8 Å². The molecule has 1 heterocycles. The van der Waals surface area contributed by atoms with Crippen molar-refractivity contribution in [3.63, 3.8) is 0 Å². The molecule has 5 heteroatoms. The summed E-state index contributed by atoms with van der Waals surface area (Å²) in [5.41, 5.74) is 6.73. The number of carbonyl (C=O) groups is 1. The second-order valence-electron chi connectivity index (χ2n) is 4.87. The number of carbonyl (C=O) groups excluding carboxylic acids is 1. The SMILES string of the molecule is NC1C2CCOC2C1NC(=O)c1ccc(I)cc1. The molecule has 1 aromatic rings. The van der Waals surface area contributed by atoms with E-state index in [1.54, 1.807) is 0 Å². The summed E-state index contributed by atoms with van der Waals surface area (Å²) in [5.74, 6) is 0.354. The molecular weight excluding hydrogens is 343 g/mol. The molecule has 1 amide bonds. The molecule has 4 atom stereocenters. The summed E-state index contributed by atoms with van der Waals surface area (Å²) in [6, 6.07) is 7.49. The summed E-state index contributed by atoms with van der Waals surface area (Å²) in [6.45, 7) is 0.763. The largest absolute Gasteiger partial charge is 0.376 e. The molecule has 18 heavy (non-hydrogen) atoms. The molecule has 2 aliphatic rings. The van der Waals surface area contributed by atoms with Crippen molar-refractivity contribution >= 4 is 28.5 Å². The Morgan fingerprint density at radius 2 is 2.11 bits per heavy atom. The Morgan fingerprint density at radius 1 is 1.39 bits per heavy atom. The number of amides is 1. The van der Waals surface area contributed by atoms with Gasteiger partial charge in [-0.25, -0.2) is 0 Å². The molecule has 1 aromatic carbocycles. The summed E-state index contributed by atoms with van der Waals surface area (Å²) in [4.78, 5) is 12.1. The van der Waals surface area contributed by atoms with Gasteiger partial charge in [0.25, 0.3) is 5.91 Å². The molecule has 3 rings (SSSR count). The van der Waals surface area contributed by atoms with E-state index >= 15 is 0 Å². The fraction of sp³-hybridized carbons (Fsp3) is 0.462. The Morgan fingerprint density at radius 3 is 2.83 bits per heavy atom. The van der Waals surface area contributed by atoms with Crippen LogP contribution in [0.25, 0.3) is 0 Å². The minimum absolute atomic E-state index is 0.0327. The van der Waals surface area contributed by atoms with Crippen molar-refractivity contribution in [3.05, 3.63) is 33.4 Å². The maximum atomic E-state index is 12.1. The Balaban J connectivity index is 1.66. The molecule has 96 valence electrons. The lowest BCUT2D eigenvalue weighted by atomic mass is 9.72. The molecule has 2 fully saturated rings. The smallest absolute Gasteiger partial charge is 0.251 e. The first-order valence-corrected chi connectivity index (χ1v) is 7.18. The number of hydrogen-bond acceptors (Lipinski definition) is 3. The zero-order valence-electron chi connectivity index (χ0n) is 9.80. The summed E-state index contributed by atoms with van der Waals surface area (Å²) in [7, 11) is 0. The molecule has 3 N–H and O–H groups in total.